The Morgan fingerprint density at radius 1 is 1.00 bits per heavy atom. The number of halogens is 1. The first-order chi connectivity index (χ1) is 10.1. The molecule has 1 saturated heterocycles. The summed E-state index contributed by atoms with van der Waals surface area (Å²) >= 11 is 6.19. The molecule has 1 heterocycles. The molecule has 3 fully saturated rings. The molecular weight excluding hydrogens is 286 g/mol. The Balaban J connectivity index is 1.61. The summed E-state index contributed by atoms with van der Waals surface area (Å²) in [6, 6.07) is 7.09. The van der Waals surface area contributed by atoms with Crippen LogP contribution >= 0.6 is 11.6 Å². The fraction of sp³-hybridized carbons (Fsp3) is 0.412. The van der Waals surface area contributed by atoms with Crippen LogP contribution in [0.2, 0.25) is 5.02 Å². The van der Waals surface area contributed by atoms with Gasteiger partial charge < -0.3 is 0 Å². The highest BCUT2D eigenvalue weighted by atomic mass is 35.5. The van der Waals surface area contributed by atoms with Gasteiger partial charge in [0.1, 0.15) is 0 Å². The second-order valence-electron chi connectivity index (χ2n) is 6.68. The normalized spacial score (nSPS) is 37.7. The van der Waals surface area contributed by atoms with Crippen LogP contribution in [-0.4, -0.2) is 11.8 Å². The predicted octanol–water partition coefficient (Wildman–Crippen LogP) is 3.04. The summed E-state index contributed by atoms with van der Waals surface area (Å²) in [5.74, 6) is 0.0906. The summed E-state index contributed by atoms with van der Waals surface area (Å²) in [5.41, 5.74) is 0.778. The fourth-order valence-electron chi connectivity index (χ4n) is 4.95. The molecule has 2 saturated carbocycles. The van der Waals surface area contributed by atoms with E-state index < -0.39 is 0 Å². The Bertz CT molecular complexity index is 687. The minimum Gasteiger partial charge on any atom is -0.274 e. The van der Waals surface area contributed by atoms with Crippen molar-refractivity contribution in [3.8, 4) is 0 Å². The smallest absolute Gasteiger partial charge is 0.238 e. The molecule has 106 valence electrons. The molecule has 0 radical (unpaired) electrons. The molecule has 5 rings (SSSR count). The quantitative estimate of drug-likeness (QED) is 0.590. The topological polar surface area (TPSA) is 37.4 Å². The van der Waals surface area contributed by atoms with Crippen LogP contribution in [0.4, 0.5) is 5.69 Å². The Hall–Kier alpha value is -1.61. The zero-order chi connectivity index (χ0) is 14.4. The van der Waals surface area contributed by atoms with E-state index in [-0.39, 0.29) is 40.9 Å². The van der Waals surface area contributed by atoms with Crippen LogP contribution in [0, 0.1) is 29.1 Å². The van der Waals surface area contributed by atoms with Crippen molar-refractivity contribution < 1.29 is 9.59 Å². The molecule has 0 unspecified atom stereocenters. The van der Waals surface area contributed by atoms with E-state index in [1.165, 1.54) is 4.90 Å². The van der Waals surface area contributed by atoms with Crippen molar-refractivity contribution in [3.05, 3.63) is 41.4 Å². The second kappa shape index (κ2) is 3.58. The van der Waals surface area contributed by atoms with E-state index in [4.69, 9.17) is 11.6 Å². The Morgan fingerprint density at radius 3 is 2.10 bits per heavy atom. The second-order valence-corrected chi connectivity index (χ2v) is 7.09. The molecule has 1 aliphatic heterocycles. The summed E-state index contributed by atoms with van der Waals surface area (Å²) in [4.78, 5) is 27.1. The average Bonchev–Trinajstić information content (AvgIpc) is 3.07. The van der Waals surface area contributed by atoms with Crippen LogP contribution in [0.1, 0.15) is 12.8 Å². The molecule has 3 nitrogen and oxygen atoms in total. The number of imide groups is 1. The van der Waals surface area contributed by atoms with Crippen molar-refractivity contribution in [2.75, 3.05) is 4.90 Å². The summed E-state index contributed by atoms with van der Waals surface area (Å²) in [7, 11) is 0. The number of hydrogen-bond donors (Lipinski definition) is 0. The first kappa shape index (κ1) is 12.0. The van der Waals surface area contributed by atoms with Crippen LogP contribution in [0.3, 0.4) is 0 Å². The van der Waals surface area contributed by atoms with Crippen LogP contribution < -0.4 is 4.90 Å². The third-order valence-electron chi connectivity index (χ3n) is 5.95. The Labute approximate surface area is 127 Å². The number of carbonyl (C=O) groups is 2. The van der Waals surface area contributed by atoms with E-state index in [2.05, 4.69) is 12.2 Å². The van der Waals surface area contributed by atoms with Gasteiger partial charge in [0.15, 0.2) is 0 Å². The maximum absolute atomic E-state index is 12.9. The lowest BCUT2D eigenvalue weighted by Gasteiger charge is -2.22. The molecule has 4 atom stereocenters. The SMILES string of the molecule is O=C1[C@@H]2[C@H](C(=O)N1c1ccccc1Cl)[C@H]1C=C[C@H]2C12CC2. The zero-order valence-corrected chi connectivity index (χ0v) is 12.1. The number of carbonyl (C=O) groups excluding carboxylic acids is 2. The van der Waals surface area contributed by atoms with Gasteiger partial charge in [0, 0.05) is 0 Å². The highest BCUT2D eigenvalue weighted by Crippen LogP contribution is 2.73. The van der Waals surface area contributed by atoms with Crippen molar-refractivity contribution >= 4 is 29.1 Å². The largest absolute Gasteiger partial charge is 0.274 e. The van der Waals surface area contributed by atoms with E-state index in [0.29, 0.717) is 10.7 Å². The number of rotatable bonds is 1. The van der Waals surface area contributed by atoms with E-state index in [0.717, 1.165) is 12.8 Å². The van der Waals surface area contributed by atoms with Gasteiger partial charge in [-0.05, 0) is 42.2 Å². The summed E-state index contributed by atoms with van der Waals surface area (Å²) in [6.07, 6.45) is 6.68. The van der Waals surface area contributed by atoms with Crippen molar-refractivity contribution in [2.24, 2.45) is 29.1 Å². The zero-order valence-electron chi connectivity index (χ0n) is 11.3. The van der Waals surface area contributed by atoms with Crippen LogP contribution in [0.5, 0.6) is 0 Å². The molecule has 1 aromatic rings. The molecule has 2 amide bonds. The molecule has 4 heteroatoms. The summed E-state index contributed by atoms with van der Waals surface area (Å²) in [6.45, 7) is 0. The monoisotopic (exact) mass is 299 g/mol. The molecule has 21 heavy (non-hydrogen) atoms. The maximum Gasteiger partial charge on any atom is 0.238 e. The van der Waals surface area contributed by atoms with E-state index >= 15 is 0 Å². The lowest BCUT2D eigenvalue weighted by Crippen LogP contribution is -2.34. The van der Waals surface area contributed by atoms with Gasteiger partial charge in [0.25, 0.3) is 0 Å². The third-order valence-corrected chi connectivity index (χ3v) is 6.27. The van der Waals surface area contributed by atoms with Gasteiger partial charge in [0.2, 0.25) is 11.8 Å². The molecule has 4 aliphatic rings. The van der Waals surface area contributed by atoms with Gasteiger partial charge in [-0.3, -0.25) is 9.59 Å². The van der Waals surface area contributed by atoms with E-state index in [1.54, 1.807) is 12.1 Å². The van der Waals surface area contributed by atoms with E-state index in [9.17, 15) is 9.59 Å². The number of hydrogen-bond acceptors (Lipinski definition) is 2. The molecule has 1 spiro atoms. The molecule has 1 aromatic carbocycles. The number of allylic oxidation sites excluding steroid dienone is 2. The standard InChI is InChI=1S/C17H14ClNO2/c18-11-3-1-2-4-12(11)19-15(20)13-9-5-6-10(14(13)16(19)21)17(9)7-8-17/h1-6,9-10,13-14H,7-8H2/t9-,10-,13-,14+/m1/s1. The van der Waals surface area contributed by atoms with Gasteiger partial charge in [-0.15, -0.1) is 0 Å². The average molecular weight is 300 g/mol. The van der Waals surface area contributed by atoms with Gasteiger partial charge in [-0.25, -0.2) is 4.90 Å². The van der Waals surface area contributed by atoms with Crippen molar-refractivity contribution in [1.29, 1.82) is 0 Å². The number of anilines is 1. The number of benzene rings is 1. The number of para-hydroxylation sites is 1. The van der Waals surface area contributed by atoms with Gasteiger partial charge in [-0.1, -0.05) is 35.9 Å². The fourth-order valence-corrected chi connectivity index (χ4v) is 5.17. The number of fused-ring (bicyclic) bond motifs is 3. The summed E-state index contributed by atoms with van der Waals surface area (Å²) in [5, 5.41) is 0.459. The number of nitrogens with zero attached hydrogens (tertiary/aromatic N) is 1. The summed E-state index contributed by atoms with van der Waals surface area (Å²) < 4.78 is 0. The van der Waals surface area contributed by atoms with E-state index in [1.807, 2.05) is 12.1 Å². The van der Waals surface area contributed by atoms with Gasteiger partial charge in [-0.2, -0.15) is 0 Å². The van der Waals surface area contributed by atoms with Crippen molar-refractivity contribution in [3.63, 3.8) is 0 Å². The minimum absolute atomic E-state index is 0.0544. The van der Waals surface area contributed by atoms with Gasteiger partial charge >= 0.3 is 0 Å². The molecule has 0 aromatic heterocycles. The van der Waals surface area contributed by atoms with Crippen LogP contribution in [0.15, 0.2) is 36.4 Å². The molecule has 2 bridgehead atoms. The van der Waals surface area contributed by atoms with Crippen LogP contribution in [0.25, 0.3) is 0 Å². The third kappa shape index (κ3) is 1.23. The lowest BCUT2D eigenvalue weighted by atomic mass is 9.85. The molecular formula is C17H14ClNO2. The highest BCUT2D eigenvalue weighted by Gasteiger charge is 2.73. The van der Waals surface area contributed by atoms with Crippen LogP contribution in [-0.2, 0) is 9.59 Å². The predicted molar refractivity (Wildman–Crippen MR) is 78.7 cm³/mol. The molecule has 0 N–H and O–H groups in total. The Kier molecular flexibility index (Phi) is 2.05. The maximum atomic E-state index is 12.9. The lowest BCUT2D eigenvalue weighted by molar-refractivity contribution is -0.123. The van der Waals surface area contributed by atoms with Crippen molar-refractivity contribution in [2.45, 2.75) is 12.8 Å². The first-order valence-electron chi connectivity index (χ1n) is 7.46. The minimum atomic E-state index is -0.161. The van der Waals surface area contributed by atoms with Crippen molar-refractivity contribution in [1.82, 2.24) is 0 Å². The number of amides is 2. The molecule has 3 aliphatic carbocycles. The highest BCUT2D eigenvalue weighted by molar-refractivity contribution is 6.36. The van der Waals surface area contributed by atoms with Gasteiger partial charge in [0.05, 0.1) is 22.5 Å². The Morgan fingerprint density at radius 2 is 1.57 bits per heavy atom. The first-order valence-corrected chi connectivity index (χ1v) is 7.84.